The Balaban J connectivity index is 1.93. The monoisotopic (exact) mass is 332 g/mol. The van der Waals surface area contributed by atoms with Crippen molar-refractivity contribution in [3.63, 3.8) is 0 Å². The molecule has 0 aliphatic heterocycles. The van der Waals surface area contributed by atoms with Crippen molar-refractivity contribution < 1.29 is 14.3 Å². The van der Waals surface area contributed by atoms with Gasteiger partial charge < -0.3 is 14.6 Å². The lowest BCUT2D eigenvalue weighted by Crippen LogP contribution is -2.39. The summed E-state index contributed by atoms with van der Waals surface area (Å²) in [6.07, 6.45) is 2.98. The molecule has 1 aliphatic rings. The Kier molecular flexibility index (Phi) is 5.17. The Morgan fingerprint density at radius 2 is 1.90 bits per heavy atom. The van der Waals surface area contributed by atoms with E-state index in [0.717, 1.165) is 25.7 Å². The fourth-order valence-corrected chi connectivity index (χ4v) is 3.04. The molecule has 0 unspecified atom stereocenters. The SMILES string of the molecule is COC(=O)C1CCC(NC(=O)c2cc(Cl)c(Cl)n2C)CC1. The summed E-state index contributed by atoms with van der Waals surface area (Å²) >= 11 is 11.9. The Morgan fingerprint density at radius 3 is 2.38 bits per heavy atom. The van der Waals surface area contributed by atoms with Crippen LogP contribution in [0.4, 0.5) is 0 Å². The average molecular weight is 333 g/mol. The van der Waals surface area contributed by atoms with Gasteiger partial charge in [0.25, 0.3) is 5.91 Å². The van der Waals surface area contributed by atoms with Crippen LogP contribution >= 0.6 is 23.2 Å². The Labute approximate surface area is 133 Å². The summed E-state index contributed by atoms with van der Waals surface area (Å²) in [7, 11) is 3.09. The van der Waals surface area contributed by atoms with Gasteiger partial charge >= 0.3 is 5.97 Å². The van der Waals surface area contributed by atoms with E-state index in [1.165, 1.54) is 7.11 Å². The van der Waals surface area contributed by atoms with Crippen molar-refractivity contribution in [2.75, 3.05) is 7.11 Å². The molecule has 1 aliphatic carbocycles. The summed E-state index contributed by atoms with van der Waals surface area (Å²) in [6.45, 7) is 0. The van der Waals surface area contributed by atoms with E-state index in [-0.39, 0.29) is 23.8 Å². The molecule has 0 bridgehead atoms. The first-order valence-electron chi connectivity index (χ1n) is 6.83. The highest BCUT2D eigenvalue weighted by Crippen LogP contribution is 2.27. The first-order valence-corrected chi connectivity index (χ1v) is 7.59. The maximum atomic E-state index is 12.2. The average Bonchev–Trinajstić information content (AvgIpc) is 2.75. The topological polar surface area (TPSA) is 60.3 Å². The van der Waals surface area contributed by atoms with E-state index in [9.17, 15) is 9.59 Å². The molecule has 1 aromatic rings. The molecule has 1 saturated carbocycles. The predicted molar refractivity (Wildman–Crippen MR) is 80.7 cm³/mol. The van der Waals surface area contributed by atoms with Crippen molar-refractivity contribution >= 4 is 35.1 Å². The van der Waals surface area contributed by atoms with Crippen LogP contribution in [0.3, 0.4) is 0 Å². The number of hydrogen-bond donors (Lipinski definition) is 1. The number of esters is 1. The molecule has 1 aromatic heterocycles. The van der Waals surface area contributed by atoms with Gasteiger partial charge in [-0.1, -0.05) is 23.2 Å². The molecule has 0 saturated heterocycles. The molecular formula is C14H18Cl2N2O3. The second kappa shape index (κ2) is 6.71. The molecule has 21 heavy (non-hydrogen) atoms. The van der Waals surface area contributed by atoms with Gasteiger partial charge in [0.2, 0.25) is 0 Å². The van der Waals surface area contributed by atoms with Crippen molar-refractivity contribution in [2.45, 2.75) is 31.7 Å². The van der Waals surface area contributed by atoms with Gasteiger partial charge in [0, 0.05) is 13.1 Å². The van der Waals surface area contributed by atoms with E-state index in [2.05, 4.69) is 5.32 Å². The van der Waals surface area contributed by atoms with Gasteiger partial charge in [0.1, 0.15) is 10.8 Å². The molecule has 1 heterocycles. The van der Waals surface area contributed by atoms with Crippen LogP contribution in [0, 0.1) is 5.92 Å². The van der Waals surface area contributed by atoms with Crippen LogP contribution in [-0.4, -0.2) is 29.6 Å². The summed E-state index contributed by atoms with van der Waals surface area (Å²) in [4.78, 5) is 23.7. The number of hydrogen-bond acceptors (Lipinski definition) is 3. The smallest absolute Gasteiger partial charge is 0.308 e. The molecular weight excluding hydrogens is 315 g/mol. The maximum absolute atomic E-state index is 12.2. The van der Waals surface area contributed by atoms with Gasteiger partial charge in [0.15, 0.2) is 0 Å². The molecule has 116 valence electrons. The quantitative estimate of drug-likeness (QED) is 0.866. The Hall–Kier alpha value is -1.20. The maximum Gasteiger partial charge on any atom is 0.308 e. The van der Waals surface area contributed by atoms with E-state index in [1.807, 2.05) is 0 Å². The van der Waals surface area contributed by atoms with Crippen LogP contribution in [0.5, 0.6) is 0 Å². The standard InChI is InChI=1S/C14H18Cl2N2O3/c1-18-11(7-10(15)12(18)16)13(19)17-9-5-3-8(4-6-9)14(20)21-2/h7-9H,3-6H2,1-2H3,(H,17,19). The molecule has 0 spiro atoms. The van der Waals surface area contributed by atoms with Gasteiger partial charge in [-0.2, -0.15) is 0 Å². The van der Waals surface area contributed by atoms with Crippen LogP contribution in [0.1, 0.15) is 36.2 Å². The number of aromatic nitrogens is 1. The summed E-state index contributed by atoms with van der Waals surface area (Å²) in [6, 6.07) is 1.62. The third-order valence-corrected chi connectivity index (χ3v) is 4.79. The molecule has 5 nitrogen and oxygen atoms in total. The highest BCUT2D eigenvalue weighted by atomic mass is 35.5. The summed E-state index contributed by atoms with van der Waals surface area (Å²) in [5, 5.41) is 3.67. The van der Waals surface area contributed by atoms with Crippen molar-refractivity contribution in [3.8, 4) is 0 Å². The number of rotatable bonds is 3. The van der Waals surface area contributed by atoms with E-state index >= 15 is 0 Å². The van der Waals surface area contributed by atoms with E-state index in [4.69, 9.17) is 27.9 Å². The fourth-order valence-electron chi connectivity index (χ4n) is 2.66. The molecule has 1 N–H and O–H groups in total. The minimum absolute atomic E-state index is 0.0536. The number of methoxy groups -OCH3 is 1. The van der Waals surface area contributed by atoms with E-state index in [0.29, 0.717) is 15.9 Å². The number of nitrogens with zero attached hydrogens (tertiary/aromatic N) is 1. The number of ether oxygens (including phenoxy) is 1. The molecule has 0 aromatic carbocycles. The first kappa shape index (κ1) is 16.2. The summed E-state index contributed by atoms with van der Waals surface area (Å²) in [5.74, 6) is -0.421. The van der Waals surface area contributed by atoms with E-state index < -0.39 is 0 Å². The lowest BCUT2D eigenvalue weighted by Gasteiger charge is -2.27. The number of amides is 1. The fraction of sp³-hybridized carbons (Fsp3) is 0.571. The van der Waals surface area contributed by atoms with Crippen molar-refractivity contribution in [3.05, 3.63) is 21.9 Å². The zero-order chi connectivity index (χ0) is 15.6. The Bertz CT molecular complexity index is 549. The van der Waals surface area contributed by atoms with Crippen molar-refractivity contribution in [1.29, 1.82) is 0 Å². The molecule has 0 atom stereocenters. The lowest BCUT2D eigenvalue weighted by molar-refractivity contribution is -0.146. The Morgan fingerprint density at radius 1 is 1.29 bits per heavy atom. The highest BCUT2D eigenvalue weighted by molar-refractivity contribution is 6.41. The largest absolute Gasteiger partial charge is 0.469 e. The summed E-state index contributed by atoms with van der Waals surface area (Å²) < 4.78 is 6.30. The molecule has 1 amide bonds. The number of carbonyl (C=O) groups is 2. The highest BCUT2D eigenvalue weighted by Gasteiger charge is 2.28. The van der Waals surface area contributed by atoms with Gasteiger partial charge in [-0.25, -0.2) is 0 Å². The van der Waals surface area contributed by atoms with Crippen LogP contribution < -0.4 is 5.32 Å². The molecule has 7 heteroatoms. The van der Waals surface area contributed by atoms with Crippen LogP contribution in [-0.2, 0) is 16.6 Å². The normalized spacial score (nSPS) is 21.9. The van der Waals surface area contributed by atoms with Gasteiger partial charge in [-0.05, 0) is 31.7 Å². The third-order valence-electron chi connectivity index (χ3n) is 3.95. The lowest BCUT2D eigenvalue weighted by atomic mass is 9.86. The van der Waals surface area contributed by atoms with Crippen LogP contribution in [0.15, 0.2) is 6.07 Å². The predicted octanol–water partition coefficient (Wildman–Crippen LogP) is 2.79. The molecule has 0 radical (unpaired) electrons. The minimum atomic E-state index is -0.201. The third kappa shape index (κ3) is 3.52. The second-order valence-corrected chi connectivity index (χ2v) is 6.04. The summed E-state index contributed by atoms with van der Waals surface area (Å²) in [5.41, 5.74) is 0.431. The minimum Gasteiger partial charge on any atom is -0.469 e. The number of nitrogens with one attached hydrogen (secondary N) is 1. The van der Waals surface area contributed by atoms with Gasteiger partial charge in [-0.3, -0.25) is 9.59 Å². The molecule has 2 rings (SSSR count). The van der Waals surface area contributed by atoms with Gasteiger partial charge in [-0.15, -0.1) is 0 Å². The van der Waals surface area contributed by atoms with Crippen molar-refractivity contribution in [1.82, 2.24) is 9.88 Å². The van der Waals surface area contributed by atoms with Crippen LogP contribution in [0.2, 0.25) is 10.2 Å². The first-order chi connectivity index (χ1) is 9.93. The van der Waals surface area contributed by atoms with Crippen molar-refractivity contribution in [2.24, 2.45) is 13.0 Å². The second-order valence-electron chi connectivity index (χ2n) is 5.27. The number of halogens is 2. The van der Waals surface area contributed by atoms with Crippen LogP contribution in [0.25, 0.3) is 0 Å². The zero-order valence-corrected chi connectivity index (χ0v) is 13.5. The number of carbonyl (C=O) groups excluding carboxylic acids is 2. The zero-order valence-electron chi connectivity index (χ0n) is 12.0. The van der Waals surface area contributed by atoms with Gasteiger partial charge in [0.05, 0.1) is 18.1 Å². The molecule has 1 fully saturated rings. The van der Waals surface area contributed by atoms with E-state index in [1.54, 1.807) is 17.7 Å².